The van der Waals surface area contributed by atoms with E-state index in [9.17, 15) is 13.2 Å². The number of halogens is 1. The molecular formula is C24H25ClN2O4S. The lowest BCUT2D eigenvalue weighted by atomic mass is 10.2. The average Bonchev–Trinajstić information content (AvgIpc) is 2.79. The van der Waals surface area contributed by atoms with Gasteiger partial charge in [0, 0.05) is 17.1 Å². The molecule has 0 saturated heterocycles. The Balaban J connectivity index is 1.88. The topological polar surface area (TPSA) is 75.7 Å². The summed E-state index contributed by atoms with van der Waals surface area (Å²) in [4.78, 5) is 12.9. The molecule has 8 heteroatoms. The van der Waals surface area contributed by atoms with E-state index in [2.05, 4.69) is 5.32 Å². The van der Waals surface area contributed by atoms with Crippen molar-refractivity contribution in [1.29, 1.82) is 0 Å². The number of aryl methyl sites for hydroxylation is 1. The van der Waals surface area contributed by atoms with Crippen LogP contribution in [0.15, 0.2) is 77.7 Å². The Morgan fingerprint density at radius 3 is 2.44 bits per heavy atom. The second kappa shape index (κ2) is 10.5. The molecule has 0 saturated carbocycles. The molecule has 3 aromatic rings. The van der Waals surface area contributed by atoms with E-state index in [4.69, 9.17) is 16.3 Å². The lowest BCUT2D eigenvalue weighted by Crippen LogP contribution is -2.41. The number of hydrogen-bond acceptors (Lipinski definition) is 4. The van der Waals surface area contributed by atoms with Crippen LogP contribution in [0.2, 0.25) is 5.02 Å². The molecule has 0 radical (unpaired) electrons. The number of ether oxygens (including phenoxy) is 1. The van der Waals surface area contributed by atoms with Crippen molar-refractivity contribution in [2.45, 2.75) is 25.3 Å². The second-order valence-corrected chi connectivity index (χ2v) is 9.37. The first-order chi connectivity index (χ1) is 15.3. The Bertz CT molecular complexity index is 1180. The number of sulfonamides is 1. The number of hydrogen-bond donors (Lipinski definition) is 1. The van der Waals surface area contributed by atoms with Crippen LogP contribution in [-0.2, 0) is 21.4 Å². The fourth-order valence-corrected chi connectivity index (χ4v) is 4.86. The van der Waals surface area contributed by atoms with Gasteiger partial charge < -0.3 is 10.1 Å². The molecule has 0 unspecified atom stereocenters. The van der Waals surface area contributed by atoms with Gasteiger partial charge in [0.05, 0.1) is 17.2 Å². The van der Waals surface area contributed by atoms with Crippen molar-refractivity contribution in [3.63, 3.8) is 0 Å². The van der Waals surface area contributed by atoms with Crippen LogP contribution >= 0.6 is 11.6 Å². The molecular weight excluding hydrogens is 448 g/mol. The van der Waals surface area contributed by atoms with Gasteiger partial charge in [0.1, 0.15) is 12.3 Å². The van der Waals surface area contributed by atoms with Crippen molar-refractivity contribution in [2.24, 2.45) is 0 Å². The molecule has 0 aromatic heterocycles. The van der Waals surface area contributed by atoms with Crippen LogP contribution in [0.25, 0.3) is 0 Å². The van der Waals surface area contributed by atoms with Crippen molar-refractivity contribution in [3.05, 3.63) is 88.9 Å². The van der Waals surface area contributed by atoms with Crippen LogP contribution in [-0.4, -0.2) is 27.5 Å². The van der Waals surface area contributed by atoms with E-state index >= 15 is 0 Å². The molecule has 0 aliphatic heterocycles. The van der Waals surface area contributed by atoms with Gasteiger partial charge in [-0.1, -0.05) is 54.1 Å². The van der Waals surface area contributed by atoms with Gasteiger partial charge in [0.15, 0.2) is 0 Å². The molecule has 32 heavy (non-hydrogen) atoms. The first-order valence-electron chi connectivity index (χ1n) is 10.1. The maximum absolute atomic E-state index is 13.4. The van der Waals surface area contributed by atoms with E-state index in [1.807, 2.05) is 31.2 Å². The van der Waals surface area contributed by atoms with E-state index in [0.717, 1.165) is 9.87 Å². The van der Waals surface area contributed by atoms with Crippen LogP contribution in [0, 0.1) is 6.92 Å². The van der Waals surface area contributed by atoms with Crippen molar-refractivity contribution < 1.29 is 17.9 Å². The van der Waals surface area contributed by atoms with Crippen molar-refractivity contribution >= 4 is 33.2 Å². The molecule has 0 aliphatic carbocycles. The minimum atomic E-state index is -4.00. The van der Waals surface area contributed by atoms with Crippen LogP contribution < -0.4 is 14.4 Å². The van der Waals surface area contributed by atoms with Gasteiger partial charge in [-0.05, 0) is 49.7 Å². The highest BCUT2D eigenvalue weighted by Crippen LogP contribution is 2.29. The van der Waals surface area contributed by atoms with Crippen LogP contribution in [0.1, 0.15) is 18.1 Å². The van der Waals surface area contributed by atoms with Gasteiger partial charge in [-0.3, -0.25) is 9.10 Å². The third-order valence-corrected chi connectivity index (χ3v) is 6.82. The first kappa shape index (κ1) is 23.6. The van der Waals surface area contributed by atoms with Gasteiger partial charge >= 0.3 is 0 Å². The number of nitrogens with zero attached hydrogens (tertiary/aromatic N) is 1. The maximum Gasteiger partial charge on any atom is 0.264 e. The Hall–Kier alpha value is -3.03. The Morgan fingerprint density at radius 1 is 1.03 bits per heavy atom. The standard InChI is InChI=1S/C24H25ClN2O4S/c1-3-31-23-12-8-7-9-19(23)16-26-24(28)17-27(22-15-20(25)14-13-18(22)2)32(29,30)21-10-5-4-6-11-21/h4-15H,3,16-17H2,1-2H3,(H,26,28). The minimum Gasteiger partial charge on any atom is -0.494 e. The number of rotatable bonds is 9. The predicted octanol–water partition coefficient (Wildman–Crippen LogP) is 4.56. The molecule has 3 rings (SSSR count). The van der Waals surface area contributed by atoms with Crippen LogP contribution in [0.5, 0.6) is 5.75 Å². The summed E-state index contributed by atoms with van der Waals surface area (Å²) in [6, 6.07) is 20.3. The Morgan fingerprint density at radius 2 is 1.72 bits per heavy atom. The van der Waals surface area contributed by atoms with Crippen molar-refractivity contribution in [1.82, 2.24) is 5.32 Å². The second-order valence-electron chi connectivity index (χ2n) is 7.07. The highest BCUT2D eigenvalue weighted by atomic mass is 35.5. The molecule has 1 N–H and O–H groups in total. The van der Waals surface area contributed by atoms with Gasteiger partial charge in [-0.15, -0.1) is 0 Å². The third kappa shape index (κ3) is 5.60. The summed E-state index contributed by atoms with van der Waals surface area (Å²) in [6.07, 6.45) is 0. The number of benzene rings is 3. The van der Waals surface area contributed by atoms with Crippen LogP contribution in [0.4, 0.5) is 5.69 Å². The summed E-state index contributed by atoms with van der Waals surface area (Å²) in [5.74, 6) is 0.227. The van der Waals surface area contributed by atoms with Gasteiger partial charge in [-0.2, -0.15) is 0 Å². The summed E-state index contributed by atoms with van der Waals surface area (Å²) in [6.45, 7) is 3.98. The smallest absolute Gasteiger partial charge is 0.264 e. The zero-order valence-corrected chi connectivity index (χ0v) is 19.5. The van der Waals surface area contributed by atoms with E-state index in [-0.39, 0.29) is 11.4 Å². The van der Waals surface area contributed by atoms with Crippen molar-refractivity contribution in [2.75, 3.05) is 17.5 Å². The highest BCUT2D eigenvalue weighted by molar-refractivity contribution is 7.92. The Kier molecular flexibility index (Phi) is 7.77. The fraction of sp³-hybridized carbons (Fsp3) is 0.208. The van der Waals surface area contributed by atoms with E-state index in [1.54, 1.807) is 43.3 Å². The monoisotopic (exact) mass is 472 g/mol. The summed E-state index contributed by atoms with van der Waals surface area (Å²) in [7, 11) is -4.00. The van der Waals surface area contributed by atoms with Gasteiger partial charge in [0.25, 0.3) is 10.0 Å². The minimum absolute atomic E-state index is 0.0915. The fourth-order valence-electron chi connectivity index (χ4n) is 3.20. The van der Waals surface area contributed by atoms with Crippen molar-refractivity contribution in [3.8, 4) is 5.75 Å². The Labute approximate surface area is 193 Å². The zero-order chi connectivity index (χ0) is 23.1. The number of anilines is 1. The molecule has 168 valence electrons. The molecule has 0 aliphatic rings. The average molecular weight is 473 g/mol. The predicted molar refractivity (Wildman–Crippen MR) is 127 cm³/mol. The number of para-hydroxylation sites is 1. The maximum atomic E-state index is 13.4. The number of carbonyl (C=O) groups is 1. The molecule has 0 atom stereocenters. The van der Waals surface area contributed by atoms with Crippen LogP contribution in [0.3, 0.4) is 0 Å². The largest absolute Gasteiger partial charge is 0.494 e. The SMILES string of the molecule is CCOc1ccccc1CNC(=O)CN(c1cc(Cl)ccc1C)S(=O)(=O)c1ccccc1. The van der Waals surface area contributed by atoms with E-state index in [0.29, 0.717) is 28.6 Å². The quantitative estimate of drug-likeness (QED) is 0.495. The molecule has 0 fully saturated rings. The molecule has 0 heterocycles. The van der Waals surface area contributed by atoms with E-state index in [1.165, 1.54) is 12.1 Å². The molecule has 6 nitrogen and oxygen atoms in total. The molecule has 3 aromatic carbocycles. The lowest BCUT2D eigenvalue weighted by molar-refractivity contribution is -0.119. The van der Waals surface area contributed by atoms with E-state index < -0.39 is 22.5 Å². The number of amides is 1. The molecule has 0 bridgehead atoms. The summed E-state index contributed by atoms with van der Waals surface area (Å²) < 4.78 is 33.5. The molecule has 1 amide bonds. The number of carbonyl (C=O) groups excluding carboxylic acids is 1. The summed E-state index contributed by atoms with van der Waals surface area (Å²) in [5, 5.41) is 3.18. The molecule has 0 spiro atoms. The lowest BCUT2D eigenvalue weighted by Gasteiger charge is -2.26. The summed E-state index contributed by atoms with van der Waals surface area (Å²) >= 11 is 6.15. The highest BCUT2D eigenvalue weighted by Gasteiger charge is 2.28. The summed E-state index contributed by atoms with van der Waals surface area (Å²) in [5.41, 5.74) is 1.84. The normalized spacial score (nSPS) is 11.1. The van der Waals surface area contributed by atoms with Gasteiger partial charge in [0.2, 0.25) is 5.91 Å². The first-order valence-corrected chi connectivity index (χ1v) is 12.0. The number of nitrogens with one attached hydrogen (secondary N) is 1. The zero-order valence-electron chi connectivity index (χ0n) is 17.9. The van der Waals surface area contributed by atoms with Gasteiger partial charge in [-0.25, -0.2) is 8.42 Å². The third-order valence-electron chi connectivity index (χ3n) is 4.81.